The minimum atomic E-state index is -0.109. The number of pyridine rings is 1. The zero-order valence-electron chi connectivity index (χ0n) is 14.7. The summed E-state index contributed by atoms with van der Waals surface area (Å²) in [5.74, 6) is 2.21. The number of fused-ring (bicyclic) bond motifs is 1. The Kier molecular flexibility index (Phi) is 4.92. The van der Waals surface area contributed by atoms with Gasteiger partial charge in [0, 0.05) is 19.2 Å². The zero-order chi connectivity index (χ0) is 17.1. The topological polar surface area (TPSA) is 72.7 Å². The number of rotatable bonds is 4. The summed E-state index contributed by atoms with van der Waals surface area (Å²) in [4.78, 5) is 21.2. The molecule has 1 aliphatic rings. The Labute approximate surface area is 142 Å². The Hall–Kier alpha value is -2.24. The van der Waals surface area contributed by atoms with Crippen LogP contribution in [0.2, 0.25) is 0 Å². The minimum Gasteiger partial charge on any atom is -0.310 e. The van der Waals surface area contributed by atoms with Crippen LogP contribution in [0.5, 0.6) is 0 Å². The van der Waals surface area contributed by atoms with Crippen LogP contribution in [0.3, 0.4) is 0 Å². The molecule has 0 fully saturated rings. The lowest BCUT2D eigenvalue weighted by atomic mass is 10.1. The first-order valence-corrected chi connectivity index (χ1v) is 8.70. The molecule has 24 heavy (non-hydrogen) atoms. The second-order valence-electron chi connectivity index (χ2n) is 6.79. The molecule has 0 saturated heterocycles. The summed E-state index contributed by atoms with van der Waals surface area (Å²) in [6.45, 7) is 4.08. The number of aromatic nitrogens is 4. The molecule has 3 rings (SSSR count). The van der Waals surface area contributed by atoms with Crippen LogP contribution >= 0.6 is 0 Å². The first kappa shape index (κ1) is 16.6. The molecular formula is C18H25N5O. The number of anilines is 1. The summed E-state index contributed by atoms with van der Waals surface area (Å²) in [6.07, 6.45) is 7.98. The van der Waals surface area contributed by atoms with Crippen molar-refractivity contribution in [3.8, 4) is 0 Å². The lowest BCUT2D eigenvalue weighted by Crippen LogP contribution is -2.18. The quantitative estimate of drug-likeness (QED) is 0.877. The summed E-state index contributed by atoms with van der Waals surface area (Å²) in [7, 11) is 1.82. The molecule has 0 spiro atoms. The van der Waals surface area contributed by atoms with Crippen molar-refractivity contribution in [1.82, 2.24) is 19.7 Å². The molecule has 0 aromatic carbocycles. The van der Waals surface area contributed by atoms with Crippen LogP contribution < -0.4 is 5.32 Å². The van der Waals surface area contributed by atoms with Crippen LogP contribution in [0.15, 0.2) is 12.3 Å². The van der Waals surface area contributed by atoms with E-state index in [1.54, 1.807) is 4.68 Å². The first-order chi connectivity index (χ1) is 11.5. The fourth-order valence-electron chi connectivity index (χ4n) is 3.03. The second kappa shape index (κ2) is 7.11. The van der Waals surface area contributed by atoms with Gasteiger partial charge in [0.15, 0.2) is 5.82 Å². The molecule has 6 nitrogen and oxygen atoms in total. The van der Waals surface area contributed by atoms with Crippen molar-refractivity contribution in [2.75, 3.05) is 5.32 Å². The normalized spacial score (nSPS) is 14.3. The molecule has 1 N–H and O–H groups in total. The average Bonchev–Trinajstić information content (AvgIpc) is 2.76. The maximum atomic E-state index is 12.3. The van der Waals surface area contributed by atoms with Crippen molar-refractivity contribution < 1.29 is 4.79 Å². The number of amides is 1. The van der Waals surface area contributed by atoms with Crippen molar-refractivity contribution in [3.05, 3.63) is 35.0 Å². The van der Waals surface area contributed by atoms with Gasteiger partial charge in [-0.2, -0.15) is 5.10 Å². The van der Waals surface area contributed by atoms with Crippen LogP contribution in [-0.4, -0.2) is 25.7 Å². The van der Waals surface area contributed by atoms with E-state index in [-0.39, 0.29) is 18.2 Å². The molecule has 0 aliphatic heterocycles. The van der Waals surface area contributed by atoms with Crippen LogP contribution in [0.25, 0.3) is 0 Å². The lowest BCUT2D eigenvalue weighted by Gasteiger charge is -2.09. The predicted molar refractivity (Wildman–Crippen MR) is 92.9 cm³/mol. The predicted octanol–water partition coefficient (Wildman–Crippen LogP) is 2.78. The minimum absolute atomic E-state index is 0.109. The van der Waals surface area contributed by atoms with E-state index < -0.39 is 0 Å². The Morgan fingerprint density at radius 1 is 1.25 bits per heavy atom. The smallest absolute Gasteiger partial charge is 0.233 e. The molecule has 0 bridgehead atoms. The fraction of sp³-hybridized carbons (Fsp3) is 0.556. The molecule has 6 heteroatoms. The monoisotopic (exact) mass is 327 g/mol. The highest BCUT2D eigenvalue weighted by molar-refractivity contribution is 5.91. The SMILES string of the molecule is CC(C)c1nc(CC(=O)Nc2cc3c(cn2)CCCCC3)n(C)n1. The molecule has 128 valence electrons. The molecule has 1 amide bonds. The molecular weight excluding hydrogens is 302 g/mol. The van der Waals surface area contributed by atoms with Gasteiger partial charge in [-0.3, -0.25) is 9.48 Å². The van der Waals surface area contributed by atoms with Crippen molar-refractivity contribution in [2.45, 2.75) is 58.3 Å². The van der Waals surface area contributed by atoms with Crippen LogP contribution in [0, 0.1) is 0 Å². The third-order valence-corrected chi connectivity index (χ3v) is 4.45. The molecule has 2 heterocycles. The Morgan fingerprint density at radius 2 is 2.00 bits per heavy atom. The third kappa shape index (κ3) is 3.80. The number of aryl methyl sites for hydroxylation is 3. The highest BCUT2D eigenvalue weighted by Crippen LogP contribution is 2.22. The molecule has 0 saturated carbocycles. The maximum absolute atomic E-state index is 12.3. The zero-order valence-corrected chi connectivity index (χ0v) is 14.7. The van der Waals surface area contributed by atoms with E-state index in [9.17, 15) is 4.79 Å². The number of nitrogens with zero attached hydrogens (tertiary/aromatic N) is 4. The van der Waals surface area contributed by atoms with Gasteiger partial charge in [-0.25, -0.2) is 9.97 Å². The van der Waals surface area contributed by atoms with Gasteiger partial charge >= 0.3 is 0 Å². The van der Waals surface area contributed by atoms with Crippen molar-refractivity contribution in [1.29, 1.82) is 0 Å². The largest absolute Gasteiger partial charge is 0.310 e. The summed E-state index contributed by atoms with van der Waals surface area (Å²) in [5, 5.41) is 7.24. The van der Waals surface area contributed by atoms with Crippen molar-refractivity contribution >= 4 is 11.7 Å². The van der Waals surface area contributed by atoms with Gasteiger partial charge in [0.05, 0.1) is 6.42 Å². The van der Waals surface area contributed by atoms with Crippen LogP contribution in [0.4, 0.5) is 5.82 Å². The first-order valence-electron chi connectivity index (χ1n) is 8.70. The fourth-order valence-corrected chi connectivity index (χ4v) is 3.03. The summed E-state index contributed by atoms with van der Waals surface area (Å²) in [5.41, 5.74) is 2.64. The van der Waals surface area contributed by atoms with Gasteiger partial charge in [-0.15, -0.1) is 0 Å². The highest BCUT2D eigenvalue weighted by atomic mass is 16.1. The van der Waals surface area contributed by atoms with E-state index in [0.29, 0.717) is 11.6 Å². The summed E-state index contributed by atoms with van der Waals surface area (Å²) < 4.78 is 1.68. The van der Waals surface area contributed by atoms with Gasteiger partial charge in [-0.05, 0) is 42.9 Å². The maximum Gasteiger partial charge on any atom is 0.233 e. The number of hydrogen-bond acceptors (Lipinski definition) is 4. The second-order valence-corrected chi connectivity index (χ2v) is 6.79. The van der Waals surface area contributed by atoms with E-state index in [4.69, 9.17) is 0 Å². The van der Waals surface area contributed by atoms with Crippen LogP contribution in [0.1, 0.15) is 61.8 Å². The average molecular weight is 327 g/mol. The Balaban J connectivity index is 1.68. The van der Waals surface area contributed by atoms with Gasteiger partial charge in [0.25, 0.3) is 0 Å². The third-order valence-electron chi connectivity index (χ3n) is 4.45. The number of nitrogens with one attached hydrogen (secondary N) is 1. The van der Waals surface area contributed by atoms with Gasteiger partial charge in [-0.1, -0.05) is 20.3 Å². The van der Waals surface area contributed by atoms with Crippen LogP contribution in [-0.2, 0) is 31.1 Å². The molecule has 2 aromatic heterocycles. The van der Waals surface area contributed by atoms with Gasteiger partial charge in [0.1, 0.15) is 11.6 Å². The van der Waals surface area contributed by atoms with E-state index in [0.717, 1.165) is 18.7 Å². The molecule has 0 unspecified atom stereocenters. The summed E-state index contributed by atoms with van der Waals surface area (Å²) in [6, 6.07) is 2.02. The van der Waals surface area contributed by atoms with E-state index >= 15 is 0 Å². The van der Waals surface area contributed by atoms with Gasteiger partial charge in [0.2, 0.25) is 5.91 Å². The highest BCUT2D eigenvalue weighted by Gasteiger charge is 2.15. The van der Waals surface area contributed by atoms with E-state index in [2.05, 4.69) is 20.4 Å². The van der Waals surface area contributed by atoms with Crippen molar-refractivity contribution in [3.63, 3.8) is 0 Å². The molecule has 2 aromatic rings. The van der Waals surface area contributed by atoms with E-state index in [1.165, 1.54) is 30.4 Å². The Bertz CT molecular complexity index is 735. The number of carbonyl (C=O) groups excluding carboxylic acids is 1. The number of carbonyl (C=O) groups is 1. The molecule has 0 radical (unpaired) electrons. The standard InChI is InChI=1S/C18H25N5O/c1-12(2)18-21-16(23(3)22-18)10-17(24)20-15-9-13-7-5-4-6-8-14(13)11-19-15/h9,11-12H,4-8,10H2,1-3H3,(H,19,20,24). The van der Waals surface area contributed by atoms with E-state index in [1.807, 2.05) is 33.2 Å². The lowest BCUT2D eigenvalue weighted by molar-refractivity contribution is -0.115. The summed E-state index contributed by atoms with van der Waals surface area (Å²) >= 11 is 0. The van der Waals surface area contributed by atoms with Gasteiger partial charge < -0.3 is 5.32 Å². The molecule has 0 atom stereocenters. The molecule has 1 aliphatic carbocycles. The Morgan fingerprint density at radius 3 is 2.71 bits per heavy atom. The number of hydrogen-bond donors (Lipinski definition) is 1. The van der Waals surface area contributed by atoms with Crippen molar-refractivity contribution in [2.24, 2.45) is 7.05 Å².